The smallest absolute Gasteiger partial charge is 0.209 e. The second-order valence-electron chi connectivity index (χ2n) is 9.74. The van der Waals surface area contributed by atoms with Crippen molar-refractivity contribution in [3.63, 3.8) is 0 Å². The Bertz CT molecular complexity index is 1250. The van der Waals surface area contributed by atoms with Crippen molar-refractivity contribution in [3.05, 3.63) is 53.6 Å². The molecule has 1 amide bonds. The normalized spacial score (nSPS) is 20.9. The second kappa shape index (κ2) is 10.0. The number of carbonyl (C=O) groups is 1. The largest absolute Gasteiger partial charge is 0.382 e. The van der Waals surface area contributed by atoms with E-state index in [-0.39, 0.29) is 6.29 Å². The molecule has 8 nitrogen and oxygen atoms in total. The number of nitrogens with zero attached hydrogens (tertiary/aromatic N) is 3. The molecular formula is C28H32N4O4. The summed E-state index contributed by atoms with van der Waals surface area (Å²) in [4.78, 5) is 20.3. The maximum Gasteiger partial charge on any atom is 0.209 e. The maximum atomic E-state index is 11.4. The standard InChI is InChI=1S/C28H32N4O4/c29-28-25(32-8-10-34-11-9-32)15-22-14-20(4-5-24(22)30-28)27-19(16-26-35-12-13-36-26)2-1-3-23(27)21-6-7-31(17-21)18-33/h1-5,14-15,18,21,26H,6-13,16-17H2,(H2,29,30). The van der Waals surface area contributed by atoms with Gasteiger partial charge in [-0.25, -0.2) is 4.98 Å². The first-order chi connectivity index (χ1) is 17.7. The van der Waals surface area contributed by atoms with E-state index in [1.54, 1.807) is 0 Å². The number of nitrogen functional groups attached to an aromatic ring is 1. The molecule has 0 saturated carbocycles. The Balaban J connectivity index is 1.44. The first kappa shape index (κ1) is 23.2. The van der Waals surface area contributed by atoms with Crippen molar-refractivity contribution in [2.75, 3.05) is 63.2 Å². The van der Waals surface area contributed by atoms with E-state index in [0.29, 0.717) is 44.6 Å². The van der Waals surface area contributed by atoms with Gasteiger partial charge in [-0.1, -0.05) is 24.3 Å². The molecule has 0 spiro atoms. The average molecular weight is 489 g/mol. The Morgan fingerprint density at radius 1 is 1.03 bits per heavy atom. The van der Waals surface area contributed by atoms with E-state index in [1.165, 1.54) is 16.7 Å². The summed E-state index contributed by atoms with van der Waals surface area (Å²) < 4.78 is 17.1. The number of ether oxygens (including phenoxy) is 3. The monoisotopic (exact) mass is 488 g/mol. The van der Waals surface area contributed by atoms with Crippen LogP contribution in [0.5, 0.6) is 0 Å². The molecular weight excluding hydrogens is 456 g/mol. The Kier molecular flexibility index (Phi) is 6.48. The summed E-state index contributed by atoms with van der Waals surface area (Å²) in [6, 6.07) is 15.1. The van der Waals surface area contributed by atoms with Gasteiger partial charge < -0.3 is 29.7 Å². The Morgan fingerprint density at radius 3 is 2.64 bits per heavy atom. The third-order valence-electron chi connectivity index (χ3n) is 7.53. The van der Waals surface area contributed by atoms with Gasteiger partial charge in [-0.3, -0.25) is 4.79 Å². The number of rotatable bonds is 6. The van der Waals surface area contributed by atoms with Crippen LogP contribution in [-0.4, -0.2) is 75.2 Å². The number of hydrogen-bond acceptors (Lipinski definition) is 7. The fourth-order valence-electron chi connectivity index (χ4n) is 5.72. The molecule has 1 unspecified atom stereocenters. The minimum Gasteiger partial charge on any atom is -0.382 e. The molecule has 3 aliphatic rings. The molecule has 3 aliphatic heterocycles. The fourth-order valence-corrected chi connectivity index (χ4v) is 5.72. The molecule has 2 N–H and O–H groups in total. The summed E-state index contributed by atoms with van der Waals surface area (Å²) in [6.07, 6.45) is 2.37. The van der Waals surface area contributed by atoms with E-state index in [9.17, 15) is 4.79 Å². The number of benzene rings is 2. The zero-order valence-corrected chi connectivity index (χ0v) is 20.4. The van der Waals surface area contributed by atoms with Gasteiger partial charge in [0.15, 0.2) is 6.29 Å². The molecule has 3 fully saturated rings. The Morgan fingerprint density at radius 2 is 1.86 bits per heavy atom. The quantitative estimate of drug-likeness (QED) is 0.533. The predicted octanol–water partition coefficient (Wildman–Crippen LogP) is 3.18. The average Bonchev–Trinajstić information content (AvgIpc) is 3.61. The molecule has 1 aromatic heterocycles. The Labute approximate surface area is 210 Å². The second-order valence-corrected chi connectivity index (χ2v) is 9.74. The van der Waals surface area contributed by atoms with Gasteiger partial charge in [0.2, 0.25) is 6.41 Å². The lowest BCUT2D eigenvalue weighted by molar-refractivity contribution is -0.117. The van der Waals surface area contributed by atoms with E-state index in [1.807, 2.05) is 4.90 Å². The Hall–Kier alpha value is -3.20. The van der Waals surface area contributed by atoms with E-state index >= 15 is 0 Å². The van der Waals surface area contributed by atoms with Gasteiger partial charge in [-0.2, -0.15) is 0 Å². The van der Waals surface area contributed by atoms with Gasteiger partial charge in [0.1, 0.15) is 5.82 Å². The van der Waals surface area contributed by atoms with Crippen LogP contribution in [-0.2, 0) is 25.4 Å². The topological polar surface area (TPSA) is 90.2 Å². The molecule has 8 heteroatoms. The zero-order chi connectivity index (χ0) is 24.5. The van der Waals surface area contributed by atoms with Crippen LogP contribution in [0, 0.1) is 0 Å². The van der Waals surface area contributed by atoms with Crippen LogP contribution in [0.25, 0.3) is 22.0 Å². The number of amides is 1. The molecule has 4 heterocycles. The first-order valence-corrected chi connectivity index (χ1v) is 12.8. The van der Waals surface area contributed by atoms with E-state index < -0.39 is 0 Å². The first-order valence-electron chi connectivity index (χ1n) is 12.8. The van der Waals surface area contributed by atoms with Crippen molar-refractivity contribution in [2.45, 2.75) is 25.0 Å². The SMILES string of the molecule is Nc1nc2ccc(-c3c(CC4OCCO4)cccc3C3CCN(C=O)C3)cc2cc1N1CCOCC1. The number of likely N-dealkylation sites (tertiary alicyclic amines) is 1. The van der Waals surface area contributed by atoms with E-state index in [4.69, 9.17) is 24.9 Å². The van der Waals surface area contributed by atoms with Crippen molar-refractivity contribution in [1.29, 1.82) is 0 Å². The number of hydrogen-bond donors (Lipinski definition) is 1. The minimum absolute atomic E-state index is 0.233. The van der Waals surface area contributed by atoms with Crippen LogP contribution in [0.1, 0.15) is 23.5 Å². The number of fused-ring (bicyclic) bond motifs is 1. The van der Waals surface area contributed by atoms with Gasteiger partial charge in [-0.15, -0.1) is 0 Å². The summed E-state index contributed by atoms with van der Waals surface area (Å²) in [6.45, 7) is 5.78. The summed E-state index contributed by atoms with van der Waals surface area (Å²) >= 11 is 0. The minimum atomic E-state index is -0.233. The number of carbonyl (C=O) groups excluding carboxylic acids is 1. The molecule has 0 radical (unpaired) electrons. The highest BCUT2D eigenvalue weighted by atomic mass is 16.7. The molecule has 2 aromatic carbocycles. The van der Waals surface area contributed by atoms with Crippen LogP contribution in [0.2, 0.25) is 0 Å². The molecule has 0 aliphatic carbocycles. The van der Waals surface area contributed by atoms with Crippen molar-refractivity contribution < 1.29 is 19.0 Å². The van der Waals surface area contributed by atoms with Crippen LogP contribution in [0.4, 0.5) is 11.5 Å². The summed E-state index contributed by atoms with van der Waals surface area (Å²) in [5.41, 5.74) is 13.0. The van der Waals surface area contributed by atoms with Crippen LogP contribution in [0.15, 0.2) is 42.5 Å². The van der Waals surface area contributed by atoms with Crippen LogP contribution >= 0.6 is 0 Å². The summed E-state index contributed by atoms with van der Waals surface area (Å²) in [5.74, 6) is 0.841. The summed E-state index contributed by atoms with van der Waals surface area (Å²) in [7, 11) is 0. The van der Waals surface area contributed by atoms with Crippen molar-refractivity contribution in [2.24, 2.45) is 0 Å². The number of anilines is 2. The van der Waals surface area contributed by atoms with Crippen molar-refractivity contribution in [3.8, 4) is 11.1 Å². The lowest BCUT2D eigenvalue weighted by atomic mass is 9.85. The van der Waals surface area contributed by atoms with Gasteiger partial charge in [0.25, 0.3) is 0 Å². The van der Waals surface area contributed by atoms with Crippen molar-refractivity contribution >= 4 is 28.8 Å². The van der Waals surface area contributed by atoms with Gasteiger partial charge in [0, 0.05) is 43.9 Å². The number of aromatic nitrogens is 1. The third kappa shape index (κ3) is 4.52. The van der Waals surface area contributed by atoms with E-state index in [2.05, 4.69) is 47.4 Å². The van der Waals surface area contributed by atoms with E-state index in [0.717, 1.165) is 61.2 Å². The van der Waals surface area contributed by atoms with Crippen LogP contribution < -0.4 is 10.6 Å². The molecule has 3 saturated heterocycles. The molecule has 6 rings (SSSR count). The lowest BCUT2D eigenvalue weighted by Crippen LogP contribution is -2.36. The molecule has 1 atom stereocenters. The lowest BCUT2D eigenvalue weighted by Gasteiger charge is -2.29. The fraction of sp³-hybridized carbons (Fsp3) is 0.429. The number of pyridine rings is 1. The van der Waals surface area contributed by atoms with Crippen molar-refractivity contribution in [1.82, 2.24) is 9.88 Å². The maximum absolute atomic E-state index is 11.4. The highest BCUT2D eigenvalue weighted by Gasteiger charge is 2.28. The van der Waals surface area contributed by atoms with Gasteiger partial charge >= 0.3 is 0 Å². The third-order valence-corrected chi connectivity index (χ3v) is 7.53. The number of nitrogens with two attached hydrogens (primary N) is 1. The van der Waals surface area contributed by atoms with Gasteiger partial charge in [0.05, 0.1) is 37.6 Å². The molecule has 36 heavy (non-hydrogen) atoms. The highest BCUT2D eigenvalue weighted by Crippen LogP contribution is 2.39. The highest BCUT2D eigenvalue weighted by molar-refractivity contribution is 5.91. The molecule has 0 bridgehead atoms. The van der Waals surface area contributed by atoms with Crippen LogP contribution in [0.3, 0.4) is 0 Å². The molecule has 3 aromatic rings. The zero-order valence-electron chi connectivity index (χ0n) is 20.4. The number of morpholine rings is 1. The summed E-state index contributed by atoms with van der Waals surface area (Å²) in [5, 5.41) is 1.05. The van der Waals surface area contributed by atoms with Gasteiger partial charge in [-0.05, 0) is 46.9 Å². The molecule has 188 valence electrons. The predicted molar refractivity (Wildman–Crippen MR) is 139 cm³/mol.